The van der Waals surface area contributed by atoms with E-state index in [0.29, 0.717) is 12.1 Å². The number of ether oxygens (including phenoxy) is 2. The van der Waals surface area contributed by atoms with Gasteiger partial charge in [0.15, 0.2) is 0 Å². The van der Waals surface area contributed by atoms with Crippen molar-refractivity contribution in [2.45, 2.75) is 56.9 Å². The molecule has 0 radical (unpaired) electrons. The summed E-state index contributed by atoms with van der Waals surface area (Å²) in [6.07, 6.45) is 6.73. The second-order valence-electron chi connectivity index (χ2n) is 7.49. The highest BCUT2D eigenvalue weighted by Gasteiger charge is 2.39. The van der Waals surface area contributed by atoms with E-state index >= 15 is 0 Å². The average molecular weight is 326 g/mol. The summed E-state index contributed by atoms with van der Waals surface area (Å²) in [5.41, 5.74) is 1.97. The van der Waals surface area contributed by atoms with E-state index in [2.05, 4.69) is 17.0 Å². The number of fused-ring (bicyclic) bond motifs is 1. The summed E-state index contributed by atoms with van der Waals surface area (Å²) >= 11 is 0. The molecular weight excluding hydrogens is 300 g/mol. The quantitative estimate of drug-likeness (QED) is 0.806. The Morgan fingerprint density at radius 2 is 2.08 bits per heavy atom. The molecule has 1 aromatic carbocycles. The van der Waals surface area contributed by atoms with Crippen molar-refractivity contribution >= 4 is 0 Å². The molecule has 4 nitrogen and oxygen atoms in total. The third-order valence-corrected chi connectivity index (χ3v) is 5.55. The average Bonchev–Trinajstić information content (AvgIpc) is 3.36. The molecule has 0 N–H and O–H groups in total. The largest absolute Gasteiger partial charge is 0.378 e. The zero-order chi connectivity index (χ0) is 16.4. The van der Waals surface area contributed by atoms with Crippen molar-refractivity contribution < 1.29 is 9.47 Å². The first-order valence-electron chi connectivity index (χ1n) is 9.28. The van der Waals surface area contributed by atoms with Crippen LogP contribution in [0.15, 0.2) is 24.3 Å². The molecule has 4 rings (SSSR count). The van der Waals surface area contributed by atoms with E-state index in [0.717, 1.165) is 50.6 Å². The zero-order valence-electron chi connectivity index (χ0n) is 14.2. The molecule has 0 spiro atoms. The summed E-state index contributed by atoms with van der Waals surface area (Å²) in [4.78, 5) is 2.53. The highest BCUT2D eigenvalue weighted by molar-refractivity contribution is 5.32. The molecule has 0 amide bonds. The molecule has 0 unspecified atom stereocenters. The van der Waals surface area contributed by atoms with Crippen LogP contribution in [-0.2, 0) is 16.0 Å². The number of hydrogen-bond donors (Lipinski definition) is 0. The first-order valence-corrected chi connectivity index (χ1v) is 9.28. The van der Waals surface area contributed by atoms with Crippen LogP contribution in [0.5, 0.6) is 0 Å². The van der Waals surface area contributed by atoms with Crippen molar-refractivity contribution in [2.75, 3.05) is 19.8 Å². The summed E-state index contributed by atoms with van der Waals surface area (Å²) in [6, 6.07) is 10.7. The maximum Gasteiger partial charge on any atom is 0.0991 e. The van der Waals surface area contributed by atoms with E-state index in [1.54, 1.807) is 0 Å². The Hall–Kier alpha value is -1.41. The summed E-state index contributed by atoms with van der Waals surface area (Å²) in [5, 5.41) is 9.05. The van der Waals surface area contributed by atoms with E-state index < -0.39 is 0 Å². The van der Waals surface area contributed by atoms with Crippen molar-refractivity contribution in [3.63, 3.8) is 0 Å². The van der Waals surface area contributed by atoms with Gasteiger partial charge in [0, 0.05) is 25.7 Å². The predicted octanol–water partition coefficient (Wildman–Crippen LogP) is 3.11. The lowest BCUT2D eigenvalue weighted by Crippen LogP contribution is -2.43. The van der Waals surface area contributed by atoms with Crippen LogP contribution in [0.1, 0.15) is 43.2 Å². The molecule has 24 heavy (non-hydrogen) atoms. The van der Waals surface area contributed by atoms with Gasteiger partial charge in [-0.1, -0.05) is 12.1 Å². The molecular formula is C20H26N2O2. The number of benzene rings is 1. The van der Waals surface area contributed by atoms with Gasteiger partial charge < -0.3 is 9.47 Å². The molecule has 3 aliphatic rings. The van der Waals surface area contributed by atoms with Crippen LogP contribution in [0.25, 0.3) is 0 Å². The van der Waals surface area contributed by atoms with Gasteiger partial charge in [-0.3, -0.25) is 4.90 Å². The van der Waals surface area contributed by atoms with Crippen molar-refractivity contribution in [2.24, 2.45) is 5.92 Å². The van der Waals surface area contributed by atoms with Gasteiger partial charge in [-0.15, -0.1) is 0 Å². The smallest absolute Gasteiger partial charge is 0.0991 e. The Morgan fingerprint density at radius 3 is 2.92 bits per heavy atom. The van der Waals surface area contributed by atoms with Crippen molar-refractivity contribution in [1.29, 1.82) is 5.26 Å². The minimum atomic E-state index is 0.284. The molecule has 0 bridgehead atoms. The van der Waals surface area contributed by atoms with Crippen molar-refractivity contribution in [1.82, 2.24) is 4.90 Å². The van der Waals surface area contributed by atoms with Crippen molar-refractivity contribution in [3.8, 4) is 6.07 Å². The first-order chi connectivity index (χ1) is 11.8. The summed E-state index contributed by atoms with van der Waals surface area (Å²) in [6.45, 7) is 3.70. The van der Waals surface area contributed by atoms with Crippen LogP contribution in [0.3, 0.4) is 0 Å². The van der Waals surface area contributed by atoms with Gasteiger partial charge in [0.25, 0.3) is 0 Å². The van der Waals surface area contributed by atoms with Crippen LogP contribution < -0.4 is 0 Å². The number of likely N-dealkylation sites (tertiary alicyclic amines) is 1. The highest BCUT2D eigenvalue weighted by atomic mass is 16.5. The molecule has 3 fully saturated rings. The molecule has 4 heteroatoms. The summed E-state index contributed by atoms with van der Waals surface area (Å²) < 4.78 is 12.1. The van der Waals surface area contributed by atoms with Gasteiger partial charge >= 0.3 is 0 Å². The SMILES string of the molecule is N#Cc1cccc(CN2CC[C@@H]3O[C@H](COCC4CC4)CC[C@@H]32)c1. The van der Waals surface area contributed by atoms with Gasteiger partial charge in [0.2, 0.25) is 0 Å². The van der Waals surface area contributed by atoms with Crippen LogP contribution in [0, 0.1) is 17.2 Å². The molecule has 1 aliphatic carbocycles. The first kappa shape index (κ1) is 16.1. The topological polar surface area (TPSA) is 45.5 Å². The van der Waals surface area contributed by atoms with E-state index in [1.807, 2.05) is 18.2 Å². The third kappa shape index (κ3) is 3.80. The lowest BCUT2D eigenvalue weighted by Gasteiger charge is -2.36. The number of rotatable bonds is 6. The maximum absolute atomic E-state index is 9.05. The molecule has 0 aromatic heterocycles. The Morgan fingerprint density at radius 1 is 1.17 bits per heavy atom. The molecule has 2 heterocycles. The molecule has 128 valence electrons. The minimum Gasteiger partial charge on any atom is -0.378 e. The zero-order valence-corrected chi connectivity index (χ0v) is 14.2. The van der Waals surface area contributed by atoms with Gasteiger partial charge in [0.05, 0.1) is 30.4 Å². The van der Waals surface area contributed by atoms with E-state index in [-0.39, 0.29) is 6.10 Å². The number of hydrogen-bond acceptors (Lipinski definition) is 4. The fourth-order valence-corrected chi connectivity index (χ4v) is 4.03. The monoisotopic (exact) mass is 326 g/mol. The lowest BCUT2D eigenvalue weighted by molar-refractivity contribution is -0.101. The van der Waals surface area contributed by atoms with Crippen LogP contribution in [0.2, 0.25) is 0 Å². The minimum absolute atomic E-state index is 0.284. The molecule has 1 aromatic rings. The fraction of sp³-hybridized carbons (Fsp3) is 0.650. The summed E-state index contributed by atoms with van der Waals surface area (Å²) in [5.74, 6) is 0.826. The van der Waals surface area contributed by atoms with Gasteiger partial charge in [-0.2, -0.15) is 5.26 Å². The standard InChI is InChI=1S/C20H26N2O2/c21-11-16-2-1-3-17(10-16)12-22-9-8-20-19(22)7-6-18(24-20)14-23-13-15-4-5-15/h1-3,10,15,18-20H,4-9,12-14H2/t18-,19-,20-/m0/s1. The maximum atomic E-state index is 9.05. The van der Waals surface area contributed by atoms with E-state index in [9.17, 15) is 0 Å². The van der Waals surface area contributed by atoms with E-state index in [4.69, 9.17) is 14.7 Å². The van der Waals surface area contributed by atoms with Crippen LogP contribution in [0.4, 0.5) is 0 Å². The molecule has 2 saturated heterocycles. The normalized spacial score (nSPS) is 30.0. The highest BCUT2D eigenvalue weighted by Crippen LogP contribution is 2.33. The second-order valence-corrected chi connectivity index (χ2v) is 7.49. The van der Waals surface area contributed by atoms with Crippen LogP contribution in [-0.4, -0.2) is 42.9 Å². The Kier molecular flexibility index (Phi) is 4.84. The fourth-order valence-electron chi connectivity index (χ4n) is 4.03. The van der Waals surface area contributed by atoms with Gasteiger partial charge in [-0.25, -0.2) is 0 Å². The molecule has 2 aliphatic heterocycles. The second kappa shape index (κ2) is 7.23. The van der Waals surface area contributed by atoms with E-state index in [1.165, 1.54) is 24.8 Å². The molecule has 1 saturated carbocycles. The van der Waals surface area contributed by atoms with Crippen molar-refractivity contribution in [3.05, 3.63) is 35.4 Å². The summed E-state index contributed by atoms with van der Waals surface area (Å²) in [7, 11) is 0. The lowest BCUT2D eigenvalue weighted by atomic mass is 9.99. The third-order valence-electron chi connectivity index (χ3n) is 5.55. The predicted molar refractivity (Wildman–Crippen MR) is 91.4 cm³/mol. The Bertz CT molecular complexity index is 608. The number of nitriles is 1. The Balaban J connectivity index is 1.28. The van der Waals surface area contributed by atoms with Crippen LogP contribution >= 0.6 is 0 Å². The van der Waals surface area contributed by atoms with Gasteiger partial charge in [0.1, 0.15) is 0 Å². The van der Waals surface area contributed by atoms with Gasteiger partial charge in [-0.05, 0) is 55.7 Å². The number of nitrogens with zero attached hydrogens (tertiary/aromatic N) is 2. The Labute approximate surface area is 144 Å². The molecule has 3 atom stereocenters.